The molecule has 0 spiro atoms. The average Bonchev–Trinajstić information content (AvgIpc) is 2.46. The molecule has 1 aliphatic rings. The third-order valence-corrected chi connectivity index (χ3v) is 3.67. The summed E-state index contributed by atoms with van der Waals surface area (Å²) in [5, 5.41) is 5.77. The lowest BCUT2D eigenvalue weighted by molar-refractivity contribution is -0.137. The van der Waals surface area contributed by atoms with Gasteiger partial charge in [0.2, 0.25) is 5.91 Å². The van der Waals surface area contributed by atoms with Crippen LogP contribution in [-0.2, 0) is 15.7 Å². The highest BCUT2D eigenvalue weighted by Gasteiger charge is 2.32. The zero-order valence-corrected chi connectivity index (χ0v) is 12.4. The third kappa shape index (κ3) is 3.98. The minimum atomic E-state index is -4.40. The van der Waals surface area contributed by atoms with Gasteiger partial charge >= 0.3 is 6.18 Å². The number of amides is 1. The maximum atomic E-state index is 12.7. The summed E-state index contributed by atoms with van der Waals surface area (Å²) in [6.45, 7) is 4.54. The molecule has 0 aromatic heterocycles. The molecular formula is C15H19F3N2O2. The first-order valence-electron chi connectivity index (χ1n) is 7.11. The summed E-state index contributed by atoms with van der Waals surface area (Å²) < 4.78 is 43.6. The maximum absolute atomic E-state index is 12.7. The van der Waals surface area contributed by atoms with Crippen molar-refractivity contribution >= 4 is 5.91 Å². The van der Waals surface area contributed by atoms with Gasteiger partial charge in [-0.3, -0.25) is 4.79 Å². The monoisotopic (exact) mass is 316 g/mol. The van der Waals surface area contributed by atoms with E-state index in [2.05, 4.69) is 10.6 Å². The molecule has 1 heterocycles. The standard InChI is InChI=1S/C15H19F3N2O2/c1-9(11-4-3-5-12(8-11)15(16,17)18)20-14(21)13-10(2)22-7-6-19-13/h3-5,8-10,13,19H,6-7H2,1-2H3,(H,20,21)/t9?,10-,13+/m1/s1. The van der Waals surface area contributed by atoms with Gasteiger partial charge in [-0.25, -0.2) is 0 Å². The molecule has 22 heavy (non-hydrogen) atoms. The number of halogens is 3. The second-order valence-corrected chi connectivity index (χ2v) is 5.36. The van der Waals surface area contributed by atoms with Crippen LogP contribution in [0.15, 0.2) is 24.3 Å². The molecule has 1 fully saturated rings. The van der Waals surface area contributed by atoms with Gasteiger partial charge in [-0.05, 0) is 31.5 Å². The van der Waals surface area contributed by atoms with Crippen molar-refractivity contribution in [3.05, 3.63) is 35.4 Å². The molecule has 1 aromatic carbocycles. The van der Waals surface area contributed by atoms with Gasteiger partial charge in [0.15, 0.2) is 0 Å². The number of hydrogen-bond acceptors (Lipinski definition) is 3. The van der Waals surface area contributed by atoms with Gasteiger partial charge in [-0.1, -0.05) is 12.1 Å². The number of benzene rings is 1. The van der Waals surface area contributed by atoms with Gasteiger partial charge < -0.3 is 15.4 Å². The highest BCUT2D eigenvalue weighted by Crippen LogP contribution is 2.30. The SMILES string of the molecule is CC(NC(=O)[C@H]1NCCO[C@@H]1C)c1cccc(C(F)(F)F)c1. The minimum absolute atomic E-state index is 0.276. The van der Waals surface area contributed by atoms with Crippen LogP contribution in [0.2, 0.25) is 0 Å². The van der Waals surface area contributed by atoms with E-state index in [0.717, 1.165) is 12.1 Å². The highest BCUT2D eigenvalue weighted by atomic mass is 19.4. The van der Waals surface area contributed by atoms with Crippen LogP contribution in [-0.4, -0.2) is 31.2 Å². The van der Waals surface area contributed by atoms with E-state index >= 15 is 0 Å². The number of morpholine rings is 1. The lowest BCUT2D eigenvalue weighted by Gasteiger charge is -2.30. The van der Waals surface area contributed by atoms with Crippen LogP contribution >= 0.6 is 0 Å². The summed E-state index contributed by atoms with van der Waals surface area (Å²) in [5.41, 5.74) is -0.314. The number of alkyl halides is 3. The molecule has 0 bridgehead atoms. The Kier molecular flexibility index (Phi) is 5.08. The summed E-state index contributed by atoms with van der Waals surface area (Å²) in [7, 11) is 0. The number of hydrogen-bond donors (Lipinski definition) is 2. The number of rotatable bonds is 3. The second kappa shape index (κ2) is 6.66. The van der Waals surface area contributed by atoms with Crippen LogP contribution in [0.25, 0.3) is 0 Å². The van der Waals surface area contributed by atoms with Crippen LogP contribution < -0.4 is 10.6 Å². The van der Waals surface area contributed by atoms with Gasteiger partial charge in [-0.2, -0.15) is 13.2 Å². The van der Waals surface area contributed by atoms with Gasteiger partial charge in [0, 0.05) is 6.54 Å². The van der Waals surface area contributed by atoms with E-state index in [-0.39, 0.29) is 12.0 Å². The molecule has 1 aliphatic heterocycles. The van der Waals surface area contributed by atoms with Gasteiger partial charge in [0.25, 0.3) is 0 Å². The summed E-state index contributed by atoms with van der Waals surface area (Å²) >= 11 is 0. The summed E-state index contributed by atoms with van der Waals surface area (Å²) in [5.74, 6) is -0.280. The van der Waals surface area contributed by atoms with Crippen molar-refractivity contribution in [1.29, 1.82) is 0 Å². The summed E-state index contributed by atoms with van der Waals surface area (Å²) in [6.07, 6.45) is -4.67. The summed E-state index contributed by atoms with van der Waals surface area (Å²) in [4.78, 5) is 12.2. The normalized spacial score (nSPS) is 23.9. The zero-order chi connectivity index (χ0) is 16.3. The van der Waals surface area contributed by atoms with Crippen LogP contribution in [0, 0.1) is 0 Å². The van der Waals surface area contributed by atoms with Crippen molar-refractivity contribution in [3.63, 3.8) is 0 Å². The Bertz CT molecular complexity index is 534. The fourth-order valence-corrected chi connectivity index (χ4v) is 2.40. The first-order chi connectivity index (χ1) is 10.3. The smallest absolute Gasteiger partial charge is 0.375 e. The Labute approximate surface area is 127 Å². The lowest BCUT2D eigenvalue weighted by Crippen LogP contribution is -2.55. The first-order valence-corrected chi connectivity index (χ1v) is 7.11. The molecule has 2 N–H and O–H groups in total. The predicted molar refractivity (Wildman–Crippen MR) is 75.2 cm³/mol. The number of nitrogens with one attached hydrogen (secondary N) is 2. The second-order valence-electron chi connectivity index (χ2n) is 5.36. The van der Waals surface area contributed by atoms with Crippen LogP contribution in [0.5, 0.6) is 0 Å². The number of carbonyl (C=O) groups excluding carboxylic acids is 1. The predicted octanol–water partition coefficient (Wildman–Crippen LogP) is 2.26. The van der Waals surface area contributed by atoms with E-state index in [9.17, 15) is 18.0 Å². The van der Waals surface area contributed by atoms with Crippen molar-refractivity contribution in [2.45, 2.75) is 38.2 Å². The Morgan fingerprint density at radius 3 is 2.82 bits per heavy atom. The van der Waals surface area contributed by atoms with E-state index < -0.39 is 23.8 Å². The molecule has 1 saturated heterocycles. The van der Waals surface area contributed by atoms with Crippen molar-refractivity contribution in [3.8, 4) is 0 Å². The molecule has 0 saturated carbocycles. The van der Waals surface area contributed by atoms with E-state index in [0.29, 0.717) is 18.7 Å². The Morgan fingerprint density at radius 2 is 2.18 bits per heavy atom. The molecule has 7 heteroatoms. The molecule has 2 rings (SSSR count). The molecule has 0 aliphatic carbocycles. The van der Waals surface area contributed by atoms with Crippen molar-refractivity contribution in [2.75, 3.05) is 13.2 Å². The fourth-order valence-electron chi connectivity index (χ4n) is 2.40. The molecule has 4 nitrogen and oxygen atoms in total. The van der Waals surface area contributed by atoms with Gasteiger partial charge in [0.05, 0.1) is 24.3 Å². The zero-order valence-electron chi connectivity index (χ0n) is 12.4. The molecule has 0 radical (unpaired) electrons. The van der Waals surface area contributed by atoms with Crippen LogP contribution in [0.3, 0.4) is 0 Å². The van der Waals surface area contributed by atoms with Crippen molar-refractivity contribution in [2.24, 2.45) is 0 Å². The maximum Gasteiger partial charge on any atom is 0.416 e. The largest absolute Gasteiger partial charge is 0.416 e. The lowest BCUT2D eigenvalue weighted by atomic mass is 10.0. The van der Waals surface area contributed by atoms with E-state index in [4.69, 9.17) is 4.74 Å². The molecule has 1 unspecified atom stereocenters. The van der Waals surface area contributed by atoms with E-state index in [1.165, 1.54) is 6.07 Å². The molecular weight excluding hydrogens is 297 g/mol. The molecule has 3 atom stereocenters. The topological polar surface area (TPSA) is 50.4 Å². The quantitative estimate of drug-likeness (QED) is 0.899. The van der Waals surface area contributed by atoms with Crippen molar-refractivity contribution < 1.29 is 22.7 Å². The van der Waals surface area contributed by atoms with Crippen LogP contribution in [0.1, 0.15) is 31.0 Å². The fraction of sp³-hybridized carbons (Fsp3) is 0.533. The average molecular weight is 316 g/mol. The van der Waals surface area contributed by atoms with Crippen molar-refractivity contribution in [1.82, 2.24) is 10.6 Å². The highest BCUT2D eigenvalue weighted by molar-refractivity contribution is 5.82. The van der Waals surface area contributed by atoms with Gasteiger partial charge in [-0.15, -0.1) is 0 Å². The van der Waals surface area contributed by atoms with Gasteiger partial charge in [0.1, 0.15) is 6.04 Å². The minimum Gasteiger partial charge on any atom is -0.375 e. The Morgan fingerprint density at radius 1 is 1.45 bits per heavy atom. The molecule has 1 amide bonds. The number of ether oxygens (including phenoxy) is 1. The Hall–Kier alpha value is -1.60. The number of carbonyl (C=O) groups is 1. The third-order valence-electron chi connectivity index (χ3n) is 3.67. The summed E-state index contributed by atoms with van der Waals surface area (Å²) in [6, 6.07) is 3.95. The van der Waals surface area contributed by atoms with E-state index in [1.807, 2.05) is 0 Å². The molecule has 122 valence electrons. The first kappa shape index (κ1) is 16.8. The molecule has 1 aromatic rings. The van der Waals surface area contributed by atoms with E-state index in [1.54, 1.807) is 19.9 Å². The van der Waals surface area contributed by atoms with Crippen LogP contribution in [0.4, 0.5) is 13.2 Å². The Balaban J connectivity index is 2.05.